The molecule has 0 aliphatic heterocycles. The van der Waals surface area contributed by atoms with Crippen LogP contribution in [0.15, 0.2) is 0 Å². The van der Waals surface area contributed by atoms with Crippen LogP contribution >= 0.6 is 0 Å². The number of hydrogen-bond acceptors (Lipinski definition) is 0. The molecule has 0 unspecified atom stereocenters. The second-order valence-electron chi connectivity index (χ2n) is 2.12. The van der Waals surface area contributed by atoms with Crippen LogP contribution in [0.1, 0.15) is 13.8 Å². The Hall–Kier alpha value is 0.957. The van der Waals surface area contributed by atoms with E-state index < -0.39 is 0 Å². The average Bonchev–Trinajstić information content (AvgIpc) is 1.27. The van der Waals surface area contributed by atoms with E-state index in [0.29, 0.717) is 0 Å². The molecule has 0 aromatic carbocycles. The molecular formula is C5H12HfSi. The van der Waals surface area contributed by atoms with E-state index in [4.69, 9.17) is 0 Å². The predicted molar refractivity (Wildman–Crippen MR) is 33.8 cm³/mol. The Kier molecular flexibility index (Phi) is 4.43. The van der Waals surface area contributed by atoms with Gasteiger partial charge in [-0.2, -0.15) is 0 Å². The monoisotopic (exact) mass is 280 g/mol. The first kappa shape index (κ1) is 7.96. The van der Waals surface area contributed by atoms with Gasteiger partial charge in [0.2, 0.25) is 0 Å². The molecule has 0 aromatic rings. The van der Waals surface area contributed by atoms with Crippen molar-refractivity contribution in [1.29, 1.82) is 0 Å². The number of hydrogen-bond donors (Lipinski definition) is 0. The summed E-state index contributed by atoms with van der Waals surface area (Å²) in [5, 5.41) is 0. The zero-order valence-corrected chi connectivity index (χ0v) is 10.1. The fourth-order valence-electron chi connectivity index (χ4n) is 0.500. The predicted octanol–water partition coefficient (Wildman–Crippen LogP) is 1.53. The van der Waals surface area contributed by atoms with Crippen molar-refractivity contribution in [3.05, 3.63) is 0 Å². The first-order chi connectivity index (χ1) is 3.13. The van der Waals surface area contributed by atoms with E-state index in [2.05, 4.69) is 26.9 Å². The minimum atomic E-state index is -0.133. The molecule has 7 heavy (non-hydrogen) atoms. The van der Waals surface area contributed by atoms with Crippen LogP contribution in [-0.2, 0) is 21.0 Å². The summed E-state index contributed by atoms with van der Waals surface area (Å²) in [6.45, 7) is 9.45. The van der Waals surface area contributed by atoms with Crippen LogP contribution in [0.3, 0.4) is 0 Å². The van der Waals surface area contributed by atoms with E-state index in [9.17, 15) is 0 Å². The van der Waals surface area contributed by atoms with Gasteiger partial charge in [-0.05, 0) is 0 Å². The summed E-state index contributed by atoms with van der Waals surface area (Å²) in [5.74, 6) is 0. The average molecular weight is 279 g/mol. The van der Waals surface area contributed by atoms with Crippen molar-refractivity contribution >= 4 is 8.75 Å². The van der Waals surface area contributed by atoms with E-state index in [0.717, 1.165) is 0 Å². The van der Waals surface area contributed by atoms with Gasteiger partial charge < -0.3 is 0 Å². The summed E-state index contributed by atoms with van der Waals surface area (Å²) in [6, 6.07) is 0. The van der Waals surface area contributed by atoms with E-state index in [1.807, 2.05) is 0 Å². The van der Waals surface area contributed by atoms with E-state index >= 15 is 0 Å². The molecule has 0 heterocycles. The molecular weight excluding hydrogens is 267 g/mol. The Morgan fingerprint density at radius 2 is 1.71 bits per heavy atom. The fraction of sp³-hybridized carbons (Fsp3) is 0.800. The van der Waals surface area contributed by atoms with Crippen molar-refractivity contribution in [2.75, 3.05) is 0 Å². The maximum absolute atomic E-state index is 2.43. The molecule has 0 fully saturated rings. The van der Waals surface area contributed by atoms with Crippen molar-refractivity contribution < 1.29 is 21.0 Å². The summed E-state index contributed by atoms with van der Waals surface area (Å²) in [7, 11) is 0. The molecule has 0 radical (unpaired) electrons. The number of rotatable bonds is 0. The quantitative estimate of drug-likeness (QED) is 0.590. The first-order valence-electron chi connectivity index (χ1n) is 2.50. The van der Waals surface area contributed by atoms with Crippen molar-refractivity contribution in [3.63, 3.8) is 0 Å². The standard InChI is InChI=1S/C3H6.C2H6Si.Hf/c2*1-3-2;/h2*1-2H3;. The summed E-state index contributed by atoms with van der Waals surface area (Å²) in [6.07, 6.45) is 0. The molecule has 40 valence electrons. The molecule has 0 spiro atoms. The van der Waals surface area contributed by atoms with Crippen LogP contribution in [-0.4, -0.2) is 8.75 Å². The molecule has 0 saturated carbocycles. The molecule has 0 aliphatic carbocycles. The van der Waals surface area contributed by atoms with Gasteiger partial charge in [0.15, 0.2) is 0 Å². The van der Waals surface area contributed by atoms with Crippen molar-refractivity contribution in [2.24, 2.45) is 0 Å². The van der Waals surface area contributed by atoms with Crippen LogP contribution < -0.4 is 0 Å². The SMILES string of the molecule is C[C](C)=[Hf]=[Si](C)C. The van der Waals surface area contributed by atoms with Gasteiger partial charge in [0, 0.05) is 0 Å². The van der Waals surface area contributed by atoms with Gasteiger partial charge in [-0.25, -0.2) is 0 Å². The fourth-order valence-corrected chi connectivity index (χ4v) is 12.3. The molecule has 0 aliphatic rings. The van der Waals surface area contributed by atoms with Crippen LogP contribution in [0.25, 0.3) is 0 Å². The van der Waals surface area contributed by atoms with Gasteiger partial charge in [0.1, 0.15) is 0 Å². The Labute approximate surface area is 56.7 Å². The molecule has 0 rings (SSSR count). The molecule has 0 aromatic heterocycles. The van der Waals surface area contributed by atoms with Crippen LogP contribution in [0.5, 0.6) is 0 Å². The van der Waals surface area contributed by atoms with Gasteiger partial charge >= 0.3 is 56.7 Å². The van der Waals surface area contributed by atoms with Gasteiger partial charge in [-0.3, -0.25) is 0 Å². The van der Waals surface area contributed by atoms with Crippen molar-refractivity contribution in [3.8, 4) is 0 Å². The van der Waals surface area contributed by atoms with E-state index in [1.165, 1.54) is 0 Å². The van der Waals surface area contributed by atoms with Crippen molar-refractivity contribution in [1.82, 2.24) is 0 Å². The molecule has 0 saturated heterocycles. The zero-order valence-electron chi connectivity index (χ0n) is 5.50. The molecule has 0 amide bonds. The summed E-state index contributed by atoms with van der Waals surface area (Å²) in [5.41, 5.74) is 0.223. The Morgan fingerprint density at radius 1 is 1.29 bits per heavy atom. The molecule has 0 bridgehead atoms. The van der Waals surface area contributed by atoms with Gasteiger partial charge in [-0.1, -0.05) is 0 Å². The van der Waals surface area contributed by atoms with Crippen LogP contribution in [0, 0.1) is 0 Å². The second kappa shape index (κ2) is 3.90. The molecule has 0 N–H and O–H groups in total. The van der Waals surface area contributed by atoms with E-state index in [1.54, 1.807) is 3.26 Å². The summed E-state index contributed by atoms with van der Waals surface area (Å²) in [4.78, 5) is 0. The Morgan fingerprint density at radius 3 is 1.71 bits per heavy atom. The summed E-state index contributed by atoms with van der Waals surface area (Å²) < 4.78 is 1.78. The van der Waals surface area contributed by atoms with Gasteiger partial charge in [-0.15, -0.1) is 0 Å². The first-order valence-corrected chi connectivity index (χ1v) is 12.2. The Bertz CT molecular complexity index is 100. The van der Waals surface area contributed by atoms with Gasteiger partial charge in [0.05, 0.1) is 0 Å². The Balaban J connectivity index is 4.13. The van der Waals surface area contributed by atoms with Gasteiger partial charge in [0.25, 0.3) is 0 Å². The third-order valence-corrected chi connectivity index (χ3v) is 12.3. The normalized spacial score (nSPS) is 7.43. The molecule has 2 heteroatoms. The third-order valence-electron chi connectivity index (χ3n) is 0.500. The van der Waals surface area contributed by atoms with Crippen molar-refractivity contribution in [2.45, 2.75) is 26.9 Å². The molecule has 0 nitrogen and oxygen atoms in total. The zero-order chi connectivity index (χ0) is 5.86. The second-order valence-corrected chi connectivity index (χ2v) is 21.4. The van der Waals surface area contributed by atoms with Crippen LogP contribution in [0.2, 0.25) is 13.1 Å². The molecule has 0 atom stereocenters. The van der Waals surface area contributed by atoms with Crippen LogP contribution in [0.4, 0.5) is 0 Å². The minimum absolute atomic E-state index is 0.133. The topological polar surface area (TPSA) is 0 Å². The van der Waals surface area contributed by atoms with E-state index in [-0.39, 0.29) is 26.5 Å². The maximum atomic E-state index is 2.43. The summed E-state index contributed by atoms with van der Waals surface area (Å²) >= 11 is -0.133. The third kappa shape index (κ3) is 6.96.